The molecule has 2 N–H and O–H groups in total. The third kappa shape index (κ3) is 5.01. The summed E-state index contributed by atoms with van der Waals surface area (Å²) in [5.41, 5.74) is 2.98. The fourth-order valence-electron chi connectivity index (χ4n) is 2.57. The Bertz CT molecular complexity index is 877. The van der Waals surface area contributed by atoms with Gasteiger partial charge in [0.2, 0.25) is 0 Å². The van der Waals surface area contributed by atoms with Crippen LogP contribution in [0.4, 0.5) is 4.79 Å². The predicted molar refractivity (Wildman–Crippen MR) is 105 cm³/mol. The minimum atomic E-state index is -0.227. The highest BCUT2D eigenvalue weighted by molar-refractivity contribution is 7.08. The SMILES string of the molecule is COc1ccc(CNC(=O)NCCn2ccc(-c3ccsc3)n2)cc1OC. The van der Waals surface area contributed by atoms with Crippen LogP contribution in [0, 0.1) is 0 Å². The minimum absolute atomic E-state index is 0.227. The Morgan fingerprint density at radius 1 is 1.15 bits per heavy atom. The molecule has 0 atom stereocenters. The second-order valence-electron chi connectivity index (χ2n) is 5.77. The molecule has 0 aliphatic heterocycles. The predicted octanol–water partition coefficient (Wildman–Crippen LogP) is 3.13. The second-order valence-corrected chi connectivity index (χ2v) is 6.55. The zero-order chi connectivity index (χ0) is 19.1. The minimum Gasteiger partial charge on any atom is -0.493 e. The molecule has 0 unspecified atom stereocenters. The van der Waals surface area contributed by atoms with E-state index in [0.29, 0.717) is 31.1 Å². The molecule has 2 heterocycles. The van der Waals surface area contributed by atoms with Gasteiger partial charge in [-0.05, 0) is 35.2 Å². The van der Waals surface area contributed by atoms with Crippen LogP contribution in [0.1, 0.15) is 5.56 Å². The zero-order valence-electron chi connectivity index (χ0n) is 15.3. The van der Waals surface area contributed by atoms with Crippen molar-refractivity contribution < 1.29 is 14.3 Å². The Hall–Kier alpha value is -3.00. The first-order valence-corrected chi connectivity index (χ1v) is 9.42. The standard InChI is InChI=1S/C19H22N4O3S/c1-25-17-4-3-14(11-18(17)26-2)12-21-19(24)20-7-9-23-8-5-16(22-23)15-6-10-27-13-15/h3-6,8,10-11,13H,7,9,12H2,1-2H3,(H2,20,21,24). The number of carbonyl (C=O) groups excluding carboxylic acids is 1. The van der Waals surface area contributed by atoms with Gasteiger partial charge in [0.1, 0.15) is 0 Å². The van der Waals surface area contributed by atoms with E-state index in [0.717, 1.165) is 16.8 Å². The molecule has 2 aromatic heterocycles. The number of urea groups is 1. The molecule has 0 aliphatic rings. The maximum absolute atomic E-state index is 12.0. The van der Waals surface area contributed by atoms with Crippen LogP contribution in [0.15, 0.2) is 47.3 Å². The highest BCUT2D eigenvalue weighted by Crippen LogP contribution is 2.27. The van der Waals surface area contributed by atoms with Crippen LogP contribution in [-0.2, 0) is 13.1 Å². The van der Waals surface area contributed by atoms with Crippen LogP contribution in [0.25, 0.3) is 11.3 Å². The van der Waals surface area contributed by atoms with E-state index in [1.807, 2.05) is 46.6 Å². The van der Waals surface area contributed by atoms with E-state index in [4.69, 9.17) is 9.47 Å². The van der Waals surface area contributed by atoms with E-state index in [1.165, 1.54) is 0 Å². The first kappa shape index (κ1) is 18.8. The molecule has 0 radical (unpaired) electrons. The molecule has 0 bridgehead atoms. The van der Waals surface area contributed by atoms with Gasteiger partial charge in [0.15, 0.2) is 11.5 Å². The average molecular weight is 386 g/mol. The van der Waals surface area contributed by atoms with Crippen molar-refractivity contribution in [3.8, 4) is 22.8 Å². The van der Waals surface area contributed by atoms with E-state index < -0.39 is 0 Å². The van der Waals surface area contributed by atoms with E-state index >= 15 is 0 Å². The summed E-state index contributed by atoms with van der Waals surface area (Å²) in [5, 5.41) is 14.3. The summed E-state index contributed by atoms with van der Waals surface area (Å²) in [6, 6.07) is 9.33. The third-order valence-electron chi connectivity index (χ3n) is 3.99. The molecule has 7 nitrogen and oxygen atoms in total. The maximum atomic E-state index is 12.0. The van der Waals surface area contributed by atoms with E-state index in [1.54, 1.807) is 25.6 Å². The number of thiophene rings is 1. The summed E-state index contributed by atoms with van der Waals surface area (Å²) < 4.78 is 12.3. The lowest BCUT2D eigenvalue weighted by molar-refractivity contribution is 0.240. The normalized spacial score (nSPS) is 10.4. The highest BCUT2D eigenvalue weighted by Gasteiger charge is 2.06. The van der Waals surface area contributed by atoms with Crippen molar-refractivity contribution in [3.05, 3.63) is 52.9 Å². The molecular weight excluding hydrogens is 364 g/mol. The molecule has 0 fully saturated rings. The number of benzene rings is 1. The van der Waals surface area contributed by atoms with Crippen LogP contribution >= 0.6 is 11.3 Å². The average Bonchev–Trinajstić information content (AvgIpc) is 3.37. The van der Waals surface area contributed by atoms with Crippen molar-refractivity contribution in [1.82, 2.24) is 20.4 Å². The molecule has 0 spiro atoms. The Kier molecular flexibility index (Phi) is 6.32. The first-order chi connectivity index (χ1) is 13.2. The smallest absolute Gasteiger partial charge is 0.315 e. The number of nitrogens with one attached hydrogen (secondary N) is 2. The van der Waals surface area contributed by atoms with Gasteiger partial charge in [-0.3, -0.25) is 4.68 Å². The van der Waals surface area contributed by atoms with Gasteiger partial charge in [-0.25, -0.2) is 4.79 Å². The van der Waals surface area contributed by atoms with Gasteiger partial charge in [-0.2, -0.15) is 16.4 Å². The van der Waals surface area contributed by atoms with Crippen LogP contribution in [0.2, 0.25) is 0 Å². The van der Waals surface area contributed by atoms with Gasteiger partial charge < -0.3 is 20.1 Å². The van der Waals surface area contributed by atoms with Crippen LogP contribution in [-0.4, -0.2) is 36.6 Å². The van der Waals surface area contributed by atoms with Crippen molar-refractivity contribution in [2.75, 3.05) is 20.8 Å². The number of rotatable bonds is 8. The first-order valence-electron chi connectivity index (χ1n) is 8.48. The van der Waals surface area contributed by atoms with E-state index in [-0.39, 0.29) is 6.03 Å². The molecule has 0 saturated carbocycles. The summed E-state index contributed by atoms with van der Waals surface area (Å²) in [6.45, 7) is 1.49. The molecule has 8 heteroatoms. The number of amides is 2. The lowest BCUT2D eigenvalue weighted by Crippen LogP contribution is -2.36. The molecule has 142 valence electrons. The lowest BCUT2D eigenvalue weighted by atomic mass is 10.2. The fraction of sp³-hybridized carbons (Fsp3) is 0.263. The molecule has 3 aromatic rings. The highest BCUT2D eigenvalue weighted by atomic mass is 32.1. The maximum Gasteiger partial charge on any atom is 0.315 e. The Balaban J connectivity index is 1.42. The van der Waals surface area contributed by atoms with Gasteiger partial charge >= 0.3 is 6.03 Å². The van der Waals surface area contributed by atoms with Gasteiger partial charge in [0, 0.05) is 30.2 Å². The van der Waals surface area contributed by atoms with Gasteiger partial charge in [0.25, 0.3) is 0 Å². The number of methoxy groups -OCH3 is 2. The van der Waals surface area contributed by atoms with Crippen molar-refractivity contribution in [3.63, 3.8) is 0 Å². The fourth-order valence-corrected chi connectivity index (χ4v) is 3.22. The summed E-state index contributed by atoms with van der Waals surface area (Å²) in [7, 11) is 3.17. The van der Waals surface area contributed by atoms with Gasteiger partial charge in [-0.15, -0.1) is 0 Å². The van der Waals surface area contributed by atoms with Crippen molar-refractivity contribution in [2.45, 2.75) is 13.1 Å². The Morgan fingerprint density at radius 3 is 2.74 bits per heavy atom. The van der Waals surface area contributed by atoms with Crippen molar-refractivity contribution >= 4 is 17.4 Å². The largest absolute Gasteiger partial charge is 0.493 e. The number of hydrogen-bond acceptors (Lipinski definition) is 5. The number of aromatic nitrogens is 2. The third-order valence-corrected chi connectivity index (χ3v) is 4.67. The summed E-state index contributed by atoms with van der Waals surface area (Å²) >= 11 is 1.64. The number of ether oxygens (including phenoxy) is 2. The number of carbonyl (C=O) groups is 1. The molecule has 1 aromatic carbocycles. The van der Waals surface area contributed by atoms with Gasteiger partial charge in [-0.1, -0.05) is 6.07 Å². The van der Waals surface area contributed by atoms with E-state index in [9.17, 15) is 4.79 Å². The quantitative estimate of drug-likeness (QED) is 0.624. The Morgan fingerprint density at radius 2 is 2.00 bits per heavy atom. The van der Waals surface area contributed by atoms with Crippen molar-refractivity contribution in [2.24, 2.45) is 0 Å². The van der Waals surface area contributed by atoms with Crippen LogP contribution in [0.3, 0.4) is 0 Å². The monoisotopic (exact) mass is 386 g/mol. The van der Waals surface area contributed by atoms with Crippen LogP contribution in [0.5, 0.6) is 11.5 Å². The van der Waals surface area contributed by atoms with Crippen LogP contribution < -0.4 is 20.1 Å². The summed E-state index contributed by atoms with van der Waals surface area (Å²) in [4.78, 5) is 12.0. The van der Waals surface area contributed by atoms with E-state index in [2.05, 4.69) is 21.1 Å². The summed E-state index contributed by atoms with van der Waals surface area (Å²) in [5.74, 6) is 1.30. The van der Waals surface area contributed by atoms with Gasteiger partial charge in [0.05, 0.1) is 26.5 Å². The van der Waals surface area contributed by atoms with Crippen molar-refractivity contribution in [1.29, 1.82) is 0 Å². The number of nitrogens with zero attached hydrogens (tertiary/aromatic N) is 2. The molecule has 0 saturated heterocycles. The zero-order valence-corrected chi connectivity index (χ0v) is 16.1. The second kappa shape index (κ2) is 9.09. The lowest BCUT2D eigenvalue weighted by Gasteiger charge is -2.11. The number of hydrogen-bond donors (Lipinski definition) is 2. The Labute approximate surface area is 161 Å². The topological polar surface area (TPSA) is 77.4 Å². The molecule has 27 heavy (non-hydrogen) atoms. The molecule has 2 amide bonds. The summed E-state index contributed by atoms with van der Waals surface area (Å²) in [6.07, 6.45) is 1.91. The molecule has 3 rings (SSSR count). The molecular formula is C19H22N4O3S. The molecule has 0 aliphatic carbocycles.